The maximum Gasteiger partial charge on any atom is 0.333 e. The number of furan rings is 2. The van der Waals surface area contributed by atoms with Gasteiger partial charge in [-0.3, -0.25) is 13.9 Å². The summed E-state index contributed by atoms with van der Waals surface area (Å²) in [7, 11) is 0. The molecular weight excluding hydrogens is 420 g/mol. The Balaban J connectivity index is 1.75. The summed E-state index contributed by atoms with van der Waals surface area (Å²) in [6, 6.07) is 13.1. The van der Waals surface area contributed by atoms with E-state index in [1.54, 1.807) is 23.0 Å². The van der Waals surface area contributed by atoms with Crippen LogP contribution in [0.3, 0.4) is 0 Å². The van der Waals surface area contributed by atoms with Crippen LogP contribution in [-0.2, 0) is 19.6 Å². The van der Waals surface area contributed by atoms with Crippen molar-refractivity contribution in [2.45, 2.75) is 19.6 Å². The molecule has 0 aliphatic rings. The van der Waals surface area contributed by atoms with Crippen molar-refractivity contribution in [2.24, 2.45) is 0 Å². The van der Waals surface area contributed by atoms with E-state index in [2.05, 4.69) is 4.98 Å². The van der Waals surface area contributed by atoms with Crippen molar-refractivity contribution >= 4 is 22.8 Å². The van der Waals surface area contributed by atoms with E-state index in [0.717, 1.165) is 11.1 Å². The molecule has 0 N–H and O–H groups in total. The molecule has 1 aromatic carbocycles. The molecule has 4 heterocycles. The molecule has 5 aromatic rings. The van der Waals surface area contributed by atoms with Crippen LogP contribution in [0.4, 0.5) is 0 Å². The van der Waals surface area contributed by atoms with E-state index in [1.807, 2.05) is 30.3 Å². The number of imidazole rings is 1. The van der Waals surface area contributed by atoms with Crippen LogP contribution in [-0.4, -0.2) is 18.7 Å². The predicted molar refractivity (Wildman–Crippen MR) is 114 cm³/mol. The summed E-state index contributed by atoms with van der Waals surface area (Å²) in [4.78, 5) is 31.1. The van der Waals surface area contributed by atoms with E-state index in [1.165, 1.54) is 27.9 Å². The number of fused-ring (bicyclic) bond motifs is 1. The van der Waals surface area contributed by atoms with Gasteiger partial charge in [-0.25, -0.2) is 4.79 Å². The van der Waals surface area contributed by atoms with Gasteiger partial charge >= 0.3 is 5.69 Å². The largest absolute Gasteiger partial charge is 0.472 e. The van der Waals surface area contributed by atoms with Crippen molar-refractivity contribution in [3.05, 3.63) is 110 Å². The minimum atomic E-state index is -0.485. The number of rotatable bonds is 6. The van der Waals surface area contributed by atoms with Crippen LogP contribution in [0.15, 0.2) is 85.9 Å². The Morgan fingerprint density at radius 2 is 1.39 bits per heavy atom. The van der Waals surface area contributed by atoms with Gasteiger partial charge in [0.15, 0.2) is 11.2 Å². The lowest BCUT2D eigenvalue weighted by molar-refractivity contribution is 0.555. The lowest BCUT2D eigenvalue weighted by Gasteiger charge is -2.12. The first-order valence-electron chi connectivity index (χ1n) is 9.57. The molecule has 0 unspecified atom stereocenters. The summed E-state index contributed by atoms with van der Waals surface area (Å²) in [6.07, 6.45) is 6.08. The Kier molecular flexibility index (Phi) is 4.83. The fraction of sp³-hybridized carbons (Fsp3) is 0.136. The molecule has 0 saturated heterocycles. The van der Waals surface area contributed by atoms with E-state index in [0.29, 0.717) is 12.1 Å². The topological polar surface area (TPSA) is 88.1 Å². The lowest BCUT2D eigenvalue weighted by atomic mass is 10.2. The molecule has 0 saturated carbocycles. The molecule has 0 aliphatic carbocycles. The highest BCUT2D eigenvalue weighted by Gasteiger charge is 2.22. The Morgan fingerprint density at radius 1 is 0.774 bits per heavy atom. The van der Waals surface area contributed by atoms with Crippen LogP contribution < -0.4 is 11.2 Å². The first-order chi connectivity index (χ1) is 15.1. The van der Waals surface area contributed by atoms with Gasteiger partial charge in [-0.1, -0.05) is 30.3 Å². The number of hydrogen-bond donors (Lipinski definition) is 0. The fourth-order valence-corrected chi connectivity index (χ4v) is 3.81. The quantitative estimate of drug-likeness (QED) is 0.381. The highest BCUT2D eigenvalue weighted by molar-refractivity contribution is 6.29. The second-order valence-electron chi connectivity index (χ2n) is 7.15. The highest BCUT2D eigenvalue weighted by Crippen LogP contribution is 2.19. The summed E-state index contributed by atoms with van der Waals surface area (Å²) >= 11 is 6.45. The SMILES string of the molecule is O=c1c2c(nc(Cl)n2Cc2ccccc2)n(Cc2ccoc2)c(=O)n1Cc1ccoc1. The van der Waals surface area contributed by atoms with E-state index < -0.39 is 11.2 Å². The molecule has 9 heteroatoms. The minimum absolute atomic E-state index is 0.0730. The molecule has 156 valence electrons. The van der Waals surface area contributed by atoms with E-state index in [-0.39, 0.29) is 29.5 Å². The number of halogens is 1. The Morgan fingerprint density at radius 3 is 2.00 bits per heavy atom. The van der Waals surface area contributed by atoms with Gasteiger partial charge in [0.25, 0.3) is 5.56 Å². The van der Waals surface area contributed by atoms with Crippen LogP contribution in [0.1, 0.15) is 16.7 Å². The van der Waals surface area contributed by atoms with Gasteiger partial charge < -0.3 is 13.4 Å². The van der Waals surface area contributed by atoms with Crippen molar-refractivity contribution in [1.82, 2.24) is 18.7 Å². The third-order valence-electron chi connectivity index (χ3n) is 5.09. The Bertz CT molecular complexity index is 1450. The average molecular weight is 437 g/mol. The third kappa shape index (κ3) is 3.51. The Labute approximate surface area is 180 Å². The van der Waals surface area contributed by atoms with E-state index >= 15 is 0 Å². The molecule has 0 amide bonds. The van der Waals surface area contributed by atoms with Gasteiger partial charge in [0.05, 0.1) is 44.7 Å². The summed E-state index contributed by atoms with van der Waals surface area (Å²) in [5.41, 5.74) is 1.98. The first kappa shape index (κ1) is 19.2. The highest BCUT2D eigenvalue weighted by atomic mass is 35.5. The molecule has 4 aromatic heterocycles. The zero-order chi connectivity index (χ0) is 21.4. The molecule has 0 aliphatic heterocycles. The molecule has 8 nitrogen and oxygen atoms in total. The molecule has 0 radical (unpaired) electrons. The maximum atomic E-state index is 13.4. The number of hydrogen-bond acceptors (Lipinski definition) is 5. The number of benzene rings is 1. The van der Waals surface area contributed by atoms with Gasteiger partial charge in [-0.15, -0.1) is 0 Å². The van der Waals surface area contributed by atoms with Crippen LogP contribution in [0.5, 0.6) is 0 Å². The monoisotopic (exact) mass is 436 g/mol. The smallest absolute Gasteiger partial charge is 0.333 e. The molecule has 0 fully saturated rings. The second-order valence-corrected chi connectivity index (χ2v) is 7.49. The van der Waals surface area contributed by atoms with Crippen molar-refractivity contribution in [1.29, 1.82) is 0 Å². The zero-order valence-electron chi connectivity index (χ0n) is 16.3. The van der Waals surface area contributed by atoms with Gasteiger partial charge in [0, 0.05) is 11.1 Å². The van der Waals surface area contributed by atoms with Crippen molar-refractivity contribution < 1.29 is 8.83 Å². The molecular formula is C22H17ClN4O4. The van der Waals surface area contributed by atoms with Crippen LogP contribution in [0.25, 0.3) is 11.2 Å². The molecule has 5 rings (SSSR count). The maximum absolute atomic E-state index is 13.4. The summed E-state index contributed by atoms with van der Waals surface area (Å²) < 4.78 is 14.5. The third-order valence-corrected chi connectivity index (χ3v) is 5.38. The molecule has 31 heavy (non-hydrogen) atoms. The van der Waals surface area contributed by atoms with Gasteiger partial charge in [0.2, 0.25) is 5.28 Å². The van der Waals surface area contributed by atoms with Gasteiger partial charge in [-0.2, -0.15) is 4.98 Å². The van der Waals surface area contributed by atoms with Crippen LogP contribution in [0, 0.1) is 0 Å². The van der Waals surface area contributed by atoms with E-state index in [9.17, 15) is 9.59 Å². The standard InChI is InChI=1S/C22H17ClN4O4/c23-21-24-19-18(25(21)10-15-4-2-1-3-5-15)20(28)27(12-17-7-9-31-14-17)22(29)26(19)11-16-6-8-30-13-16/h1-9,13-14H,10-12H2. The number of aromatic nitrogens is 4. The first-order valence-corrected chi connectivity index (χ1v) is 9.95. The zero-order valence-corrected chi connectivity index (χ0v) is 17.0. The molecule has 0 spiro atoms. The summed E-state index contributed by atoms with van der Waals surface area (Å²) in [5.74, 6) is 0. The summed E-state index contributed by atoms with van der Waals surface area (Å²) in [5, 5.41) is 0.136. The minimum Gasteiger partial charge on any atom is -0.472 e. The summed E-state index contributed by atoms with van der Waals surface area (Å²) in [6.45, 7) is 0.612. The van der Waals surface area contributed by atoms with Crippen molar-refractivity contribution in [3.63, 3.8) is 0 Å². The van der Waals surface area contributed by atoms with Crippen LogP contribution >= 0.6 is 11.6 Å². The number of nitrogens with zero attached hydrogens (tertiary/aromatic N) is 4. The molecule has 0 bridgehead atoms. The molecule has 0 atom stereocenters. The van der Waals surface area contributed by atoms with Gasteiger partial charge in [0.1, 0.15) is 0 Å². The van der Waals surface area contributed by atoms with Crippen LogP contribution in [0.2, 0.25) is 5.28 Å². The van der Waals surface area contributed by atoms with E-state index in [4.69, 9.17) is 20.4 Å². The normalized spacial score (nSPS) is 11.4. The second kappa shape index (κ2) is 7.81. The van der Waals surface area contributed by atoms with Crippen molar-refractivity contribution in [3.8, 4) is 0 Å². The average Bonchev–Trinajstić information content (AvgIpc) is 3.52. The Hall–Kier alpha value is -3.78. The fourth-order valence-electron chi connectivity index (χ4n) is 3.59. The lowest BCUT2D eigenvalue weighted by Crippen LogP contribution is -2.41. The van der Waals surface area contributed by atoms with Crippen molar-refractivity contribution in [2.75, 3.05) is 0 Å². The van der Waals surface area contributed by atoms with Gasteiger partial charge in [-0.05, 0) is 29.3 Å². The predicted octanol–water partition coefficient (Wildman–Crippen LogP) is 3.34.